The second kappa shape index (κ2) is 5.25. The molecule has 4 nitrogen and oxygen atoms in total. The molecule has 16 heavy (non-hydrogen) atoms. The molecule has 0 spiro atoms. The van der Waals surface area contributed by atoms with E-state index in [0.717, 1.165) is 11.3 Å². The molecule has 1 N–H and O–H groups in total. The van der Waals surface area contributed by atoms with Crippen molar-refractivity contribution in [3.63, 3.8) is 0 Å². The van der Waals surface area contributed by atoms with Gasteiger partial charge < -0.3 is 9.72 Å². The summed E-state index contributed by atoms with van der Waals surface area (Å²) in [6.45, 7) is 7.90. The predicted molar refractivity (Wildman–Crippen MR) is 63.6 cm³/mol. The first-order valence-electron chi connectivity index (χ1n) is 5.63. The van der Waals surface area contributed by atoms with Crippen molar-refractivity contribution in [2.45, 2.75) is 40.2 Å². The molecular formula is C12H20N2O2. The van der Waals surface area contributed by atoms with Crippen molar-refractivity contribution >= 4 is 0 Å². The van der Waals surface area contributed by atoms with Gasteiger partial charge in [0.1, 0.15) is 11.9 Å². The van der Waals surface area contributed by atoms with Gasteiger partial charge in [-0.05, 0) is 19.3 Å². The third-order valence-electron chi connectivity index (χ3n) is 2.72. The van der Waals surface area contributed by atoms with Gasteiger partial charge in [0.25, 0.3) is 5.56 Å². The van der Waals surface area contributed by atoms with Gasteiger partial charge in [0.05, 0.1) is 0 Å². The Hall–Kier alpha value is -1.16. The molecule has 0 aliphatic carbocycles. The van der Waals surface area contributed by atoms with Crippen molar-refractivity contribution in [3.05, 3.63) is 27.4 Å². The van der Waals surface area contributed by atoms with E-state index in [9.17, 15) is 4.79 Å². The van der Waals surface area contributed by atoms with Crippen molar-refractivity contribution in [1.82, 2.24) is 9.97 Å². The monoisotopic (exact) mass is 224 g/mol. The Morgan fingerprint density at radius 2 is 2.06 bits per heavy atom. The number of aromatic amines is 1. The van der Waals surface area contributed by atoms with Crippen LogP contribution in [0.15, 0.2) is 4.79 Å². The van der Waals surface area contributed by atoms with Crippen LogP contribution >= 0.6 is 0 Å². The van der Waals surface area contributed by atoms with Crippen LogP contribution in [0.4, 0.5) is 0 Å². The molecule has 1 heterocycles. The highest BCUT2D eigenvalue weighted by atomic mass is 16.5. The molecule has 0 saturated carbocycles. The molecule has 0 radical (unpaired) electrons. The van der Waals surface area contributed by atoms with Crippen molar-refractivity contribution < 1.29 is 4.74 Å². The number of nitrogens with zero attached hydrogens (tertiary/aromatic N) is 1. The Morgan fingerprint density at radius 3 is 2.44 bits per heavy atom. The van der Waals surface area contributed by atoms with E-state index in [2.05, 4.69) is 9.97 Å². The number of H-pyrrole nitrogens is 1. The van der Waals surface area contributed by atoms with E-state index in [-0.39, 0.29) is 17.6 Å². The SMILES string of the molecule is CCc1c(C)nc(C(OC)C(C)C)[nH]c1=O. The average Bonchev–Trinajstić information content (AvgIpc) is 2.17. The molecule has 0 saturated heterocycles. The minimum atomic E-state index is -0.155. The quantitative estimate of drug-likeness (QED) is 0.850. The molecule has 4 heteroatoms. The number of hydrogen-bond donors (Lipinski definition) is 1. The maximum absolute atomic E-state index is 11.8. The number of methoxy groups -OCH3 is 1. The van der Waals surface area contributed by atoms with Crippen LogP contribution in [0.2, 0.25) is 0 Å². The van der Waals surface area contributed by atoms with Crippen molar-refractivity contribution in [2.75, 3.05) is 7.11 Å². The summed E-state index contributed by atoms with van der Waals surface area (Å²) in [4.78, 5) is 19.0. The van der Waals surface area contributed by atoms with E-state index in [1.165, 1.54) is 0 Å². The number of aryl methyl sites for hydroxylation is 1. The van der Waals surface area contributed by atoms with E-state index in [0.29, 0.717) is 12.2 Å². The molecule has 0 bridgehead atoms. The molecule has 1 unspecified atom stereocenters. The third kappa shape index (κ3) is 2.50. The molecule has 0 aliphatic heterocycles. The summed E-state index contributed by atoms with van der Waals surface area (Å²) in [7, 11) is 1.63. The first-order valence-corrected chi connectivity index (χ1v) is 5.63. The second-order valence-electron chi connectivity index (χ2n) is 4.27. The number of aromatic nitrogens is 2. The van der Waals surface area contributed by atoms with Gasteiger partial charge in [-0.2, -0.15) is 0 Å². The lowest BCUT2D eigenvalue weighted by molar-refractivity contribution is 0.0571. The van der Waals surface area contributed by atoms with Crippen LogP contribution < -0.4 is 5.56 Å². The fraction of sp³-hybridized carbons (Fsp3) is 0.667. The third-order valence-corrected chi connectivity index (χ3v) is 2.72. The van der Waals surface area contributed by atoms with Gasteiger partial charge in [0, 0.05) is 18.4 Å². The minimum Gasteiger partial charge on any atom is -0.373 e. The van der Waals surface area contributed by atoms with Crippen LogP contribution in [-0.2, 0) is 11.2 Å². The van der Waals surface area contributed by atoms with Crippen LogP contribution in [0.3, 0.4) is 0 Å². The fourth-order valence-corrected chi connectivity index (χ4v) is 1.88. The second-order valence-corrected chi connectivity index (χ2v) is 4.27. The van der Waals surface area contributed by atoms with Crippen LogP contribution in [0, 0.1) is 12.8 Å². The van der Waals surface area contributed by atoms with Crippen LogP contribution in [0.25, 0.3) is 0 Å². The minimum absolute atomic E-state index is 0.0484. The van der Waals surface area contributed by atoms with E-state index >= 15 is 0 Å². The maximum Gasteiger partial charge on any atom is 0.254 e. The molecule has 1 aromatic rings. The zero-order chi connectivity index (χ0) is 12.3. The zero-order valence-electron chi connectivity index (χ0n) is 10.6. The molecule has 0 aliphatic rings. The highest BCUT2D eigenvalue weighted by Gasteiger charge is 2.19. The summed E-state index contributed by atoms with van der Waals surface area (Å²) in [6, 6.07) is 0. The van der Waals surface area contributed by atoms with Crippen molar-refractivity contribution in [1.29, 1.82) is 0 Å². The summed E-state index contributed by atoms with van der Waals surface area (Å²) >= 11 is 0. The Morgan fingerprint density at radius 1 is 1.44 bits per heavy atom. The summed E-state index contributed by atoms with van der Waals surface area (Å²) in [6.07, 6.45) is 0.547. The van der Waals surface area contributed by atoms with Crippen molar-refractivity contribution in [2.24, 2.45) is 5.92 Å². The topological polar surface area (TPSA) is 55.0 Å². The average molecular weight is 224 g/mol. The van der Waals surface area contributed by atoms with Gasteiger partial charge in [-0.1, -0.05) is 20.8 Å². The van der Waals surface area contributed by atoms with E-state index in [4.69, 9.17) is 4.74 Å². The zero-order valence-corrected chi connectivity index (χ0v) is 10.6. The van der Waals surface area contributed by atoms with Gasteiger partial charge in [0.15, 0.2) is 0 Å². The Kier molecular flexibility index (Phi) is 4.24. The number of rotatable bonds is 4. The normalized spacial score (nSPS) is 13.1. The van der Waals surface area contributed by atoms with Gasteiger partial charge >= 0.3 is 0 Å². The van der Waals surface area contributed by atoms with Crippen molar-refractivity contribution in [3.8, 4) is 0 Å². The highest BCUT2D eigenvalue weighted by molar-refractivity contribution is 5.17. The summed E-state index contributed by atoms with van der Waals surface area (Å²) in [5.74, 6) is 0.900. The molecule has 1 aromatic heterocycles. The lowest BCUT2D eigenvalue weighted by Crippen LogP contribution is -2.22. The highest BCUT2D eigenvalue weighted by Crippen LogP contribution is 2.21. The summed E-state index contributed by atoms with van der Waals surface area (Å²) in [5.41, 5.74) is 1.50. The predicted octanol–water partition coefficient (Wildman–Crippen LogP) is 1.98. The molecule has 0 amide bonds. The Labute approximate surface area is 96.1 Å². The van der Waals surface area contributed by atoms with Gasteiger partial charge in [0.2, 0.25) is 0 Å². The van der Waals surface area contributed by atoms with Crippen LogP contribution in [-0.4, -0.2) is 17.1 Å². The van der Waals surface area contributed by atoms with Crippen LogP contribution in [0.5, 0.6) is 0 Å². The molecule has 0 aromatic carbocycles. The molecule has 90 valence electrons. The fourth-order valence-electron chi connectivity index (χ4n) is 1.88. The van der Waals surface area contributed by atoms with Gasteiger partial charge in [-0.3, -0.25) is 4.79 Å². The van der Waals surface area contributed by atoms with E-state index in [1.54, 1.807) is 7.11 Å². The van der Waals surface area contributed by atoms with Gasteiger partial charge in [-0.15, -0.1) is 0 Å². The largest absolute Gasteiger partial charge is 0.373 e. The Balaban J connectivity index is 3.22. The lowest BCUT2D eigenvalue weighted by atomic mass is 10.1. The smallest absolute Gasteiger partial charge is 0.254 e. The summed E-state index contributed by atoms with van der Waals surface area (Å²) in [5, 5.41) is 0. The molecule has 1 atom stereocenters. The molecule has 0 fully saturated rings. The first kappa shape index (κ1) is 12.9. The number of nitrogens with one attached hydrogen (secondary N) is 1. The standard InChI is InChI=1S/C12H20N2O2/c1-6-9-8(4)13-11(14-12(9)15)10(16-5)7(2)3/h7,10H,6H2,1-5H3,(H,13,14,15). The van der Waals surface area contributed by atoms with E-state index < -0.39 is 0 Å². The number of hydrogen-bond acceptors (Lipinski definition) is 3. The Bertz CT molecular complexity index is 410. The maximum atomic E-state index is 11.8. The summed E-state index contributed by atoms with van der Waals surface area (Å²) < 4.78 is 5.35. The number of ether oxygens (including phenoxy) is 1. The first-order chi connectivity index (χ1) is 7.51. The molecule has 1 rings (SSSR count). The lowest BCUT2D eigenvalue weighted by Gasteiger charge is -2.18. The van der Waals surface area contributed by atoms with Crippen LogP contribution in [0.1, 0.15) is 44.0 Å². The molecular weight excluding hydrogens is 204 g/mol. The van der Waals surface area contributed by atoms with E-state index in [1.807, 2.05) is 27.7 Å². The van der Waals surface area contributed by atoms with Gasteiger partial charge in [-0.25, -0.2) is 4.98 Å².